The van der Waals surface area contributed by atoms with Crippen molar-refractivity contribution in [1.82, 2.24) is 19.5 Å². The molecule has 0 fully saturated rings. The average molecular weight is 1230 g/mol. The molecule has 1 radical (unpaired) electrons. The van der Waals surface area contributed by atoms with Gasteiger partial charge < -0.3 is 9.55 Å². The molecule has 0 amide bonds. The van der Waals surface area contributed by atoms with Gasteiger partial charge in [0.05, 0.1) is 30.4 Å². The molecule has 0 bridgehead atoms. The summed E-state index contributed by atoms with van der Waals surface area (Å²) in [5, 5.41) is 7.06. The van der Waals surface area contributed by atoms with Crippen molar-refractivity contribution in [2.75, 3.05) is 0 Å². The Hall–Kier alpha value is -7.71. The molecule has 0 saturated carbocycles. The number of hydrogen-bond donors (Lipinski definition) is 0. The van der Waals surface area contributed by atoms with E-state index < -0.39 is 14.0 Å². The van der Waals surface area contributed by atoms with Crippen LogP contribution in [0.2, 0.25) is 19.6 Å². The molecule has 0 aliphatic rings. The number of nitrogens with zero attached hydrogens (tertiary/aromatic N) is 4. The smallest absolute Gasteiger partial charge is 0.0859 e. The van der Waals surface area contributed by atoms with Crippen molar-refractivity contribution >= 4 is 77.5 Å². The van der Waals surface area contributed by atoms with E-state index >= 15 is 0 Å². The molecule has 8 heteroatoms. The number of fused-ring (bicyclic) bond motifs is 9. The van der Waals surface area contributed by atoms with Gasteiger partial charge in [0.2, 0.25) is 0 Å². The quantitative estimate of drug-likeness (QED) is 0.0822. The molecule has 0 spiro atoms. The van der Waals surface area contributed by atoms with Crippen LogP contribution >= 0.6 is 11.3 Å². The fraction of sp³-hybridized carbons (Fsp3) is 0.129. The summed E-state index contributed by atoms with van der Waals surface area (Å²) in [6, 6.07) is 73.7. The summed E-state index contributed by atoms with van der Waals surface area (Å²) in [7, 11) is -1.62. The van der Waals surface area contributed by atoms with Crippen LogP contribution in [0.5, 0.6) is 0 Å². The number of aromatic nitrogens is 4. The van der Waals surface area contributed by atoms with Gasteiger partial charge in [0.1, 0.15) is 0 Å². The van der Waals surface area contributed by atoms with Crippen LogP contribution in [0.1, 0.15) is 39.2 Å². The van der Waals surface area contributed by atoms with Gasteiger partial charge in [0.25, 0.3) is 0 Å². The Morgan fingerprint density at radius 1 is 0.603 bits per heavy atom. The molecular formula is C70H57FIrN4SSi-2. The van der Waals surface area contributed by atoms with Gasteiger partial charge in [-0.05, 0) is 72.6 Å². The molecule has 9 aromatic carbocycles. The molecule has 0 aliphatic carbocycles. The van der Waals surface area contributed by atoms with Crippen LogP contribution in [0.15, 0.2) is 207 Å². The first-order chi connectivity index (χ1) is 37.7. The van der Waals surface area contributed by atoms with E-state index in [9.17, 15) is 4.39 Å². The first kappa shape index (κ1) is 51.1. The van der Waals surface area contributed by atoms with Gasteiger partial charge in [-0.1, -0.05) is 222 Å². The molecular weight excluding hydrogens is 1170 g/mol. The zero-order chi connectivity index (χ0) is 53.9. The summed E-state index contributed by atoms with van der Waals surface area (Å²) < 4.78 is 26.7. The maximum Gasteiger partial charge on any atom is 0.0859 e. The zero-order valence-electron chi connectivity index (χ0n) is 45.6. The number of halogens is 1. The SMILES string of the molecule is Cc1c[c-]c(-c2nc3c4ccccc4c4ccccc4c3n2-c2cc(-c3ccccc3)ccc2-c2ccccc2)c2sc3cc(-c4ccccc4)cnc3c12.[2H]C(C)(c1cc(-c2[c-]cc(F)cc2)ncc1[Si](C)(C)C)C(C)C.[Ir]. The fourth-order valence-corrected chi connectivity index (χ4v) is 13.5. The minimum Gasteiger partial charge on any atom is -0.332 e. The Balaban J connectivity index is 0.000000233. The third-order valence-corrected chi connectivity index (χ3v) is 18.1. The predicted molar refractivity (Wildman–Crippen MR) is 327 cm³/mol. The molecule has 0 N–H and O–H groups in total. The van der Waals surface area contributed by atoms with E-state index in [2.05, 4.69) is 232 Å². The van der Waals surface area contributed by atoms with E-state index in [1.165, 1.54) is 33.7 Å². The topological polar surface area (TPSA) is 43.6 Å². The van der Waals surface area contributed by atoms with Crippen molar-refractivity contribution in [3.8, 4) is 61.7 Å². The fourth-order valence-electron chi connectivity index (χ4n) is 10.7. The van der Waals surface area contributed by atoms with Crippen LogP contribution in [-0.4, -0.2) is 27.6 Å². The van der Waals surface area contributed by atoms with Crippen LogP contribution in [0.25, 0.3) is 115 Å². The molecule has 1 atom stereocenters. The molecule has 13 aromatic rings. The van der Waals surface area contributed by atoms with E-state index in [0.717, 1.165) is 109 Å². The van der Waals surface area contributed by atoms with Crippen LogP contribution in [0.3, 0.4) is 0 Å². The normalized spacial score (nSPS) is 12.7. The van der Waals surface area contributed by atoms with Crippen LogP contribution in [-0.2, 0) is 20.1 Å². The van der Waals surface area contributed by atoms with E-state index in [1.54, 1.807) is 17.4 Å². The first-order valence-corrected chi connectivity index (χ1v) is 30.6. The zero-order valence-corrected chi connectivity index (χ0v) is 48.8. The maximum absolute atomic E-state index is 13.1. The Morgan fingerprint density at radius 3 is 1.86 bits per heavy atom. The first-order valence-electron chi connectivity index (χ1n) is 26.8. The summed E-state index contributed by atoms with van der Waals surface area (Å²) in [6.07, 6.45) is 3.93. The van der Waals surface area contributed by atoms with Gasteiger partial charge in [-0.2, -0.15) is 11.3 Å². The van der Waals surface area contributed by atoms with Crippen LogP contribution in [0, 0.1) is 30.8 Å². The summed E-state index contributed by atoms with van der Waals surface area (Å²) in [6.45, 7) is 15.1. The Bertz CT molecular complexity index is 4380. The summed E-state index contributed by atoms with van der Waals surface area (Å²) in [5.74, 6) is 0.0526. The van der Waals surface area contributed by atoms with Crippen molar-refractivity contribution in [2.45, 2.75) is 53.2 Å². The molecule has 13 rings (SSSR count). The third kappa shape index (κ3) is 9.73. The Labute approximate surface area is 476 Å². The summed E-state index contributed by atoms with van der Waals surface area (Å²) >= 11 is 1.78. The number of hydrogen-bond acceptors (Lipinski definition) is 4. The molecule has 0 aliphatic heterocycles. The Kier molecular flexibility index (Phi) is 14.1. The Morgan fingerprint density at radius 2 is 1.22 bits per heavy atom. The van der Waals surface area contributed by atoms with E-state index in [4.69, 9.17) is 11.3 Å². The number of benzene rings is 9. The van der Waals surface area contributed by atoms with Gasteiger partial charge >= 0.3 is 0 Å². The number of imidazole rings is 1. The second kappa shape index (κ2) is 21.6. The number of thiophene rings is 1. The largest absolute Gasteiger partial charge is 0.332 e. The van der Waals surface area contributed by atoms with Gasteiger partial charge in [0, 0.05) is 72.0 Å². The van der Waals surface area contributed by atoms with Gasteiger partial charge in [-0.25, -0.2) is 0 Å². The van der Waals surface area contributed by atoms with Crippen molar-refractivity contribution in [1.29, 1.82) is 0 Å². The molecule has 4 nitrogen and oxygen atoms in total. The molecule has 4 heterocycles. The van der Waals surface area contributed by atoms with E-state index in [0.29, 0.717) is 0 Å². The van der Waals surface area contributed by atoms with Crippen LogP contribution < -0.4 is 5.19 Å². The number of pyridine rings is 2. The number of rotatable bonds is 9. The van der Waals surface area contributed by atoms with Crippen molar-refractivity contribution < 1.29 is 25.9 Å². The van der Waals surface area contributed by atoms with E-state index in [-0.39, 0.29) is 31.8 Å². The van der Waals surface area contributed by atoms with E-state index in [1.807, 2.05) is 25.4 Å². The van der Waals surface area contributed by atoms with Gasteiger partial charge in [-0.15, -0.1) is 47.5 Å². The summed E-state index contributed by atoms with van der Waals surface area (Å²) in [4.78, 5) is 15.4. The average Bonchev–Trinajstić information content (AvgIpc) is 3.91. The number of aryl methyl sites for hydroxylation is 1. The minimum atomic E-state index is -1.62. The summed E-state index contributed by atoms with van der Waals surface area (Å²) in [5.41, 5.74) is 15.7. The van der Waals surface area contributed by atoms with Crippen molar-refractivity contribution in [2.24, 2.45) is 5.92 Å². The van der Waals surface area contributed by atoms with Gasteiger partial charge in [-0.3, -0.25) is 14.4 Å². The predicted octanol–water partition coefficient (Wildman–Crippen LogP) is 18.9. The molecule has 4 aromatic heterocycles. The third-order valence-electron chi connectivity index (χ3n) is 14.9. The monoisotopic (exact) mass is 1230 g/mol. The molecule has 78 heavy (non-hydrogen) atoms. The van der Waals surface area contributed by atoms with Gasteiger partial charge in [0.15, 0.2) is 0 Å². The van der Waals surface area contributed by atoms with Crippen LogP contribution in [0.4, 0.5) is 4.39 Å². The van der Waals surface area contributed by atoms with Crippen molar-refractivity contribution in [3.05, 3.63) is 236 Å². The second-order valence-corrected chi connectivity index (χ2v) is 27.3. The second-order valence-electron chi connectivity index (χ2n) is 21.2. The maximum atomic E-state index is 13.1. The standard InChI is InChI=1S/C51H32N3S.C19H25FNSi.Ir/c1-32-25-27-43(50-46(32)48-45(55-50)30-37(31-52-48)34-17-7-3-8-18-34)51-53-47-41-23-13-11-21-39(41)40-22-12-14-24-42(40)49(47)54(51)44-29-36(33-15-5-2-6-16-33)26-28-38(44)35-19-9-4-10-20-35;1-13(2)14(3)17-11-18(15-7-9-16(20)10-8-15)21-12-19(17)22(4,5)6;/h2-26,28-31H,1H3;7,9-14H,1-6H3;/q2*-1;/i;14D;. The molecule has 1 unspecified atom stereocenters. The molecule has 0 saturated heterocycles. The minimum absolute atomic E-state index is 0. The van der Waals surface area contributed by atoms with Crippen molar-refractivity contribution in [3.63, 3.8) is 0 Å². The molecule has 385 valence electrons.